The van der Waals surface area contributed by atoms with Crippen molar-refractivity contribution >= 4 is 11.7 Å². The van der Waals surface area contributed by atoms with Gasteiger partial charge in [-0.05, 0) is 59.1 Å². The van der Waals surface area contributed by atoms with Crippen LogP contribution in [-0.2, 0) is 35.0 Å². The Hall–Kier alpha value is -2.54. The van der Waals surface area contributed by atoms with Gasteiger partial charge >= 0.3 is 12.1 Å². The van der Waals surface area contributed by atoms with Crippen LogP contribution in [0.15, 0.2) is 42.5 Å². The Kier molecular flexibility index (Phi) is 7.46. The van der Waals surface area contributed by atoms with E-state index in [-0.39, 0.29) is 17.8 Å². The highest BCUT2D eigenvalue weighted by Crippen LogP contribution is 2.42. The molecular formula is C28H35F3N2O2. The molecule has 0 N–H and O–H groups in total. The van der Waals surface area contributed by atoms with Crippen molar-refractivity contribution in [3.05, 3.63) is 64.7 Å². The quantitative estimate of drug-likeness (QED) is 0.491. The number of carbonyl (C=O) groups excluding carboxylic acids is 1. The second kappa shape index (κ2) is 10.2. The molecule has 1 aliphatic carbocycles. The Labute approximate surface area is 206 Å². The minimum Gasteiger partial charge on any atom is -0.464 e. The fourth-order valence-electron chi connectivity index (χ4n) is 5.08. The van der Waals surface area contributed by atoms with E-state index in [4.69, 9.17) is 4.74 Å². The van der Waals surface area contributed by atoms with Crippen LogP contribution in [0.1, 0.15) is 43.0 Å². The second-order valence-electron chi connectivity index (χ2n) is 10.5. The molecule has 0 unspecified atom stereocenters. The first kappa shape index (κ1) is 25.5. The van der Waals surface area contributed by atoms with Crippen LogP contribution in [0.4, 0.5) is 18.9 Å². The Morgan fingerprint density at radius 2 is 1.74 bits per heavy atom. The largest absolute Gasteiger partial charge is 0.464 e. The summed E-state index contributed by atoms with van der Waals surface area (Å²) in [4.78, 5) is 16.5. The molecule has 1 saturated heterocycles. The van der Waals surface area contributed by atoms with Gasteiger partial charge in [0, 0.05) is 38.4 Å². The number of halogens is 3. The predicted octanol–water partition coefficient (Wildman–Crippen LogP) is 5.37. The molecule has 2 aromatic carbocycles. The number of ether oxygens (including phenoxy) is 1. The molecule has 7 heteroatoms. The van der Waals surface area contributed by atoms with E-state index < -0.39 is 11.7 Å². The topological polar surface area (TPSA) is 32.8 Å². The highest BCUT2D eigenvalue weighted by Gasteiger charge is 2.35. The maximum Gasteiger partial charge on any atom is 0.416 e. The summed E-state index contributed by atoms with van der Waals surface area (Å²) >= 11 is 0. The Morgan fingerprint density at radius 3 is 2.43 bits per heavy atom. The third-order valence-corrected chi connectivity index (χ3v) is 7.78. The normalized spacial score (nSPS) is 20.8. The lowest BCUT2D eigenvalue weighted by atomic mass is 9.77. The number of anilines is 1. The molecule has 190 valence electrons. The maximum absolute atomic E-state index is 13.0. The van der Waals surface area contributed by atoms with Gasteiger partial charge in [-0.3, -0.25) is 9.69 Å². The molecule has 0 radical (unpaired) electrons. The second-order valence-corrected chi connectivity index (χ2v) is 10.5. The molecule has 35 heavy (non-hydrogen) atoms. The number of esters is 1. The molecule has 4 nitrogen and oxygen atoms in total. The molecule has 4 rings (SSSR count). The van der Waals surface area contributed by atoms with Crippen molar-refractivity contribution in [3.8, 4) is 0 Å². The number of carbonyl (C=O) groups is 1. The average molecular weight is 489 g/mol. The van der Waals surface area contributed by atoms with Crippen LogP contribution in [-0.4, -0.2) is 50.2 Å². The van der Waals surface area contributed by atoms with E-state index in [0.29, 0.717) is 50.9 Å². The van der Waals surface area contributed by atoms with Gasteiger partial charge in [0.05, 0.1) is 12.0 Å². The number of hydrogen-bond acceptors (Lipinski definition) is 4. The Morgan fingerprint density at radius 1 is 1.03 bits per heavy atom. The fraction of sp³-hybridized carbons (Fsp3) is 0.536. The van der Waals surface area contributed by atoms with Crippen LogP contribution in [0.2, 0.25) is 0 Å². The van der Waals surface area contributed by atoms with Crippen molar-refractivity contribution in [2.45, 2.75) is 46.2 Å². The Balaban J connectivity index is 1.20. The first-order chi connectivity index (χ1) is 16.5. The van der Waals surface area contributed by atoms with Crippen molar-refractivity contribution in [2.24, 2.45) is 11.3 Å². The molecule has 2 aromatic rings. The van der Waals surface area contributed by atoms with Gasteiger partial charge < -0.3 is 9.64 Å². The first-order valence-electron chi connectivity index (χ1n) is 12.4. The van der Waals surface area contributed by atoms with Gasteiger partial charge in [-0.25, -0.2) is 0 Å². The number of piperazine rings is 1. The highest BCUT2D eigenvalue weighted by molar-refractivity contribution is 5.72. The number of nitrogens with zero attached hydrogens (tertiary/aromatic N) is 2. The average Bonchev–Trinajstić information content (AvgIpc) is 3.16. The van der Waals surface area contributed by atoms with Crippen LogP contribution >= 0.6 is 0 Å². The zero-order valence-corrected chi connectivity index (χ0v) is 20.8. The van der Waals surface area contributed by atoms with Crippen LogP contribution in [0.3, 0.4) is 0 Å². The van der Waals surface area contributed by atoms with Crippen LogP contribution < -0.4 is 4.90 Å². The standard InChI is InChI=1S/C28H35F3N2O2/c1-20(2)27(3)18-22-8-7-21(15-23(22)19-27)16-26(34)35-14-13-32-9-11-33(12-10-32)25-6-4-5-24(17-25)28(29,30)31/h4-8,15,17,20H,9-14,16,18-19H2,1-3H3/t27-/m0/s1. The first-order valence-corrected chi connectivity index (χ1v) is 12.4. The van der Waals surface area contributed by atoms with Crippen molar-refractivity contribution in [2.75, 3.05) is 44.2 Å². The van der Waals surface area contributed by atoms with E-state index in [1.165, 1.54) is 23.3 Å². The Bertz CT molecular complexity index is 1040. The summed E-state index contributed by atoms with van der Waals surface area (Å²) in [5.74, 6) is 0.382. The molecule has 0 aromatic heterocycles. The summed E-state index contributed by atoms with van der Waals surface area (Å²) < 4.78 is 44.5. The van der Waals surface area contributed by atoms with E-state index in [0.717, 1.165) is 24.5 Å². The highest BCUT2D eigenvalue weighted by atomic mass is 19.4. The number of rotatable bonds is 7. The minimum absolute atomic E-state index is 0.225. The molecule has 0 spiro atoms. The number of alkyl halides is 3. The van der Waals surface area contributed by atoms with Gasteiger partial charge in [0.2, 0.25) is 0 Å². The monoisotopic (exact) mass is 488 g/mol. The maximum atomic E-state index is 13.0. The van der Waals surface area contributed by atoms with E-state index in [2.05, 4.69) is 37.8 Å². The van der Waals surface area contributed by atoms with Gasteiger partial charge in [0.15, 0.2) is 0 Å². The van der Waals surface area contributed by atoms with E-state index in [9.17, 15) is 18.0 Å². The lowest BCUT2D eigenvalue weighted by Crippen LogP contribution is -2.47. The summed E-state index contributed by atoms with van der Waals surface area (Å²) in [7, 11) is 0. The van der Waals surface area contributed by atoms with E-state index in [1.54, 1.807) is 6.07 Å². The fourth-order valence-corrected chi connectivity index (χ4v) is 5.08. The molecule has 0 bridgehead atoms. The van der Waals surface area contributed by atoms with Crippen molar-refractivity contribution in [3.63, 3.8) is 0 Å². The zero-order valence-electron chi connectivity index (χ0n) is 20.8. The molecule has 2 aliphatic rings. The molecule has 1 fully saturated rings. The van der Waals surface area contributed by atoms with Gasteiger partial charge in [0.1, 0.15) is 6.61 Å². The summed E-state index contributed by atoms with van der Waals surface area (Å²) in [6.45, 7) is 10.5. The predicted molar refractivity (Wildman–Crippen MR) is 132 cm³/mol. The summed E-state index contributed by atoms with van der Waals surface area (Å²) in [5, 5.41) is 0. The third kappa shape index (κ3) is 6.18. The molecule has 0 saturated carbocycles. The number of fused-ring (bicyclic) bond motifs is 1. The summed E-state index contributed by atoms with van der Waals surface area (Å²) in [5.41, 5.74) is 3.99. The van der Waals surface area contributed by atoms with Gasteiger partial charge in [0.25, 0.3) is 0 Å². The summed E-state index contributed by atoms with van der Waals surface area (Å²) in [6.07, 6.45) is -1.92. The number of benzene rings is 2. The molecule has 1 heterocycles. The van der Waals surface area contributed by atoms with Crippen LogP contribution in [0.5, 0.6) is 0 Å². The van der Waals surface area contributed by atoms with Crippen molar-refractivity contribution in [1.29, 1.82) is 0 Å². The third-order valence-electron chi connectivity index (χ3n) is 7.78. The molecule has 1 aliphatic heterocycles. The zero-order chi connectivity index (χ0) is 25.2. The lowest BCUT2D eigenvalue weighted by molar-refractivity contribution is -0.143. The molecule has 1 atom stereocenters. The van der Waals surface area contributed by atoms with Gasteiger partial charge in [-0.15, -0.1) is 0 Å². The molecule has 0 amide bonds. The number of hydrogen-bond donors (Lipinski definition) is 0. The van der Waals surface area contributed by atoms with E-state index >= 15 is 0 Å². The van der Waals surface area contributed by atoms with Gasteiger partial charge in [-0.2, -0.15) is 13.2 Å². The summed E-state index contributed by atoms with van der Waals surface area (Å²) in [6, 6.07) is 11.8. The molecular weight excluding hydrogens is 453 g/mol. The van der Waals surface area contributed by atoms with Crippen molar-refractivity contribution in [1.82, 2.24) is 4.90 Å². The lowest BCUT2D eigenvalue weighted by Gasteiger charge is -2.36. The van der Waals surface area contributed by atoms with E-state index in [1.807, 2.05) is 11.0 Å². The SMILES string of the molecule is CC(C)[C@@]1(C)Cc2ccc(CC(=O)OCCN3CCN(c4cccc(C(F)(F)F)c4)CC3)cc2C1. The van der Waals surface area contributed by atoms with Crippen molar-refractivity contribution < 1.29 is 22.7 Å². The smallest absolute Gasteiger partial charge is 0.416 e. The van der Waals surface area contributed by atoms with Crippen LogP contribution in [0.25, 0.3) is 0 Å². The van der Waals surface area contributed by atoms with Crippen LogP contribution in [0, 0.1) is 11.3 Å². The van der Waals surface area contributed by atoms with Gasteiger partial charge in [-0.1, -0.05) is 45.0 Å². The minimum atomic E-state index is -4.34.